The van der Waals surface area contributed by atoms with Crippen LogP contribution >= 0.6 is 0 Å². The second-order valence-corrected chi connectivity index (χ2v) is 4.54. The molecular weight excluding hydrogens is 164 g/mol. The first-order valence-corrected chi connectivity index (χ1v) is 5.46. The van der Waals surface area contributed by atoms with E-state index < -0.39 is 0 Å². The molecule has 0 heterocycles. The molecule has 2 nitrogen and oxygen atoms in total. The van der Waals surface area contributed by atoms with E-state index in [4.69, 9.17) is 4.74 Å². The van der Waals surface area contributed by atoms with Crippen LogP contribution < -0.4 is 0 Å². The number of hydrogen-bond donors (Lipinski definition) is 1. The zero-order valence-corrected chi connectivity index (χ0v) is 8.83. The van der Waals surface area contributed by atoms with Crippen molar-refractivity contribution in [3.05, 3.63) is 0 Å². The first-order chi connectivity index (χ1) is 6.20. The Morgan fingerprint density at radius 3 is 2.38 bits per heavy atom. The molecule has 1 saturated carbocycles. The maximum atomic E-state index is 9.74. The van der Waals surface area contributed by atoms with Gasteiger partial charge in [0, 0.05) is 6.61 Å². The van der Waals surface area contributed by atoms with Crippen molar-refractivity contribution in [3.63, 3.8) is 0 Å². The zero-order valence-electron chi connectivity index (χ0n) is 8.83. The molecule has 1 unspecified atom stereocenters. The Kier molecular flexibility index (Phi) is 4.74. The predicted molar refractivity (Wildman–Crippen MR) is 53.6 cm³/mol. The molecule has 0 aliphatic heterocycles. The van der Waals surface area contributed by atoms with E-state index in [-0.39, 0.29) is 6.10 Å². The highest BCUT2D eigenvalue weighted by molar-refractivity contribution is 4.74. The maximum absolute atomic E-state index is 9.74. The number of ether oxygens (including phenoxy) is 1. The fourth-order valence-electron chi connectivity index (χ4n) is 1.90. The molecule has 0 aromatic heterocycles. The molecule has 78 valence electrons. The van der Waals surface area contributed by atoms with Crippen LogP contribution in [0.5, 0.6) is 0 Å². The van der Waals surface area contributed by atoms with Gasteiger partial charge in [0.1, 0.15) is 0 Å². The Labute approximate surface area is 81.3 Å². The Bertz CT molecular complexity index is 128. The van der Waals surface area contributed by atoms with Crippen molar-refractivity contribution in [2.45, 2.75) is 45.6 Å². The Hall–Kier alpha value is -0.0800. The Balaban J connectivity index is 2.06. The van der Waals surface area contributed by atoms with Crippen molar-refractivity contribution in [1.29, 1.82) is 0 Å². The topological polar surface area (TPSA) is 29.5 Å². The highest BCUT2D eigenvalue weighted by Crippen LogP contribution is 2.27. The SMILES string of the molecule is CC(C)COCC(O)C1CCCC1. The van der Waals surface area contributed by atoms with Gasteiger partial charge >= 0.3 is 0 Å². The fraction of sp³-hybridized carbons (Fsp3) is 1.00. The molecule has 0 bridgehead atoms. The Morgan fingerprint density at radius 1 is 1.23 bits per heavy atom. The molecule has 0 saturated heterocycles. The lowest BCUT2D eigenvalue weighted by Gasteiger charge is -2.18. The summed E-state index contributed by atoms with van der Waals surface area (Å²) in [5.74, 6) is 1.07. The first kappa shape index (κ1) is 11.0. The van der Waals surface area contributed by atoms with Crippen molar-refractivity contribution >= 4 is 0 Å². The van der Waals surface area contributed by atoms with Gasteiger partial charge in [0.15, 0.2) is 0 Å². The van der Waals surface area contributed by atoms with E-state index >= 15 is 0 Å². The van der Waals surface area contributed by atoms with E-state index in [0.29, 0.717) is 18.4 Å². The van der Waals surface area contributed by atoms with Crippen LogP contribution in [0, 0.1) is 11.8 Å². The zero-order chi connectivity index (χ0) is 9.68. The van der Waals surface area contributed by atoms with Crippen LogP contribution in [0.25, 0.3) is 0 Å². The average Bonchev–Trinajstić information content (AvgIpc) is 2.55. The first-order valence-electron chi connectivity index (χ1n) is 5.46. The van der Waals surface area contributed by atoms with Gasteiger partial charge in [-0.1, -0.05) is 26.7 Å². The number of rotatable bonds is 5. The van der Waals surface area contributed by atoms with E-state index in [1.807, 2.05) is 0 Å². The molecule has 0 aromatic carbocycles. The quantitative estimate of drug-likeness (QED) is 0.713. The standard InChI is InChI=1S/C11H22O2/c1-9(2)7-13-8-11(12)10-5-3-4-6-10/h9-12H,3-8H2,1-2H3. The van der Waals surface area contributed by atoms with Gasteiger partial charge in [-0.3, -0.25) is 0 Å². The number of aliphatic hydroxyl groups is 1. The van der Waals surface area contributed by atoms with Crippen LogP contribution in [0.3, 0.4) is 0 Å². The van der Waals surface area contributed by atoms with Crippen molar-refractivity contribution in [2.24, 2.45) is 11.8 Å². The van der Waals surface area contributed by atoms with Crippen molar-refractivity contribution in [3.8, 4) is 0 Å². The minimum absolute atomic E-state index is 0.221. The molecule has 1 atom stereocenters. The van der Waals surface area contributed by atoms with Gasteiger partial charge in [0.2, 0.25) is 0 Å². The number of aliphatic hydroxyl groups excluding tert-OH is 1. The monoisotopic (exact) mass is 186 g/mol. The summed E-state index contributed by atoms with van der Waals surface area (Å²) in [7, 11) is 0. The van der Waals surface area contributed by atoms with E-state index in [0.717, 1.165) is 6.61 Å². The van der Waals surface area contributed by atoms with Crippen LogP contribution in [0.1, 0.15) is 39.5 Å². The van der Waals surface area contributed by atoms with Crippen LogP contribution in [0.4, 0.5) is 0 Å². The molecule has 0 spiro atoms. The molecule has 0 radical (unpaired) electrons. The van der Waals surface area contributed by atoms with Crippen molar-refractivity contribution in [2.75, 3.05) is 13.2 Å². The molecule has 1 fully saturated rings. The third-order valence-electron chi connectivity index (χ3n) is 2.68. The highest BCUT2D eigenvalue weighted by atomic mass is 16.5. The van der Waals surface area contributed by atoms with E-state index in [1.165, 1.54) is 25.7 Å². The summed E-state index contributed by atoms with van der Waals surface area (Å²) in [6.45, 7) is 5.55. The fourth-order valence-corrected chi connectivity index (χ4v) is 1.90. The lowest BCUT2D eigenvalue weighted by Crippen LogP contribution is -2.24. The molecule has 0 aromatic rings. The summed E-state index contributed by atoms with van der Waals surface area (Å²) in [5, 5.41) is 9.74. The van der Waals surface area contributed by atoms with E-state index in [1.54, 1.807) is 0 Å². The third-order valence-corrected chi connectivity index (χ3v) is 2.68. The minimum atomic E-state index is -0.221. The summed E-state index contributed by atoms with van der Waals surface area (Å²) in [5.41, 5.74) is 0. The van der Waals surface area contributed by atoms with Gasteiger partial charge in [0.25, 0.3) is 0 Å². The van der Waals surface area contributed by atoms with Gasteiger partial charge < -0.3 is 9.84 Å². The minimum Gasteiger partial charge on any atom is -0.390 e. The molecule has 1 aliphatic rings. The lowest BCUT2D eigenvalue weighted by atomic mass is 10.0. The van der Waals surface area contributed by atoms with Gasteiger partial charge in [-0.15, -0.1) is 0 Å². The van der Waals surface area contributed by atoms with Crippen LogP contribution in [-0.4, -0.2) is 24.4 Å². The van der Waals surface area contributed by atoms with E-state index in [9.17, 15) is 5.11 Å². The summed E-state index contributed by atoms with van der Waals surface area (Å²) in [4.78, 5) is 0. The third kappa shape index (κ3) is 4.10. The number of hydrogen-bond acceptors (Lipinski definition) is 2. The second-order valence-electron chi connectivity index (χ2n) is 4.54. The summed E-state index contributed by atoms with van der Waals surface area (Å²) in [6.07, 6.45) is 4.72. The molecule has 2 heteroatoms. The normalized spacial score (nSPS) is 21.2. The maximum Gasteiger partial charge on any atom is 0.0801 e. The van der Waals surface area contributed by atoms with Gasteiger partial charge in [-0.25, -0.2) is 0 Å². The largest absolute Gasteiger partial charge is 0.390 e. The second kappa shape index (κ2) is 5.61. The van der Waals surface area contributed by atoms with E-state index in [2.05, 4.69) is 13.8 Å². The van der Waals surface area contributed by atoms with Crippen LogP contribution in [-0.2, 0) is 4.74 Å². The Morgan fingerprint density at radius 2 is 1.85 bits per heavy atom. The molecule has 1 aliphatic carbocycles. The molecule has 0 amide bonds. The van der Waals surface area contributed by atoms with Gasteiger partial charge in [-0.2, -0.15) is 0 Å². The molecule has 1 N–H and O–H groups in total. The predicted octanol–water partition coefficient (Wildman–Crippen LogP) is 2.21. The summed E-state index contributed by atoms with van der Waals surface area (Å²) < 4.78 is 5.42. The highest BCUT2D eigenvalue weighted by Gasteiger charge is 2.22. The van der Waals surface area contributed by atoms with Crippen LogP contribution in [0.15, 0.2) is 0 Å². The van der Waals surface area contributed by atoms with Crippen molar-refractivity contribution in [1.82, 2.24) is 0 Å². The molecular formula is C11H22O2. The van der Waals surface area contributed by atoms with Gasteiger partial charge in [-0.05, 0) is 24.7 Å². The van der Waals surface area contributed by atoms with Gasteiger partial charge in [0.05, 0.1) is 12.7 Å². The lowest BCUT2D eigenvalue weighted by molar-refractivity contribution is -0.00186. The molecule has 13 heavy (non-hydrogen) atoms. The summed E-state index contributed by atoms with van der Waals surface area (Å²) in [6, 6.07) is 0. The smallest absolute Gasteiger partial charge is 0.0801 e. The van der Waals surface area contributed by atoms with Crippen LogP contribution in [0.2, 0.25) is 0 Å². The summed E-state index contributed by atoms with van der Waals surface area (Å²) >= 11 is 0. The average molecular weight is 186 g/mol. The van der Waals surface area contributed by atoms with Crippen molar-refractivity contribution < 1.29 is 9.84 Å². The molecule has 1 rings (SSSR count).